The van der Waals surface area contributed by atoms with Gasteiger partial charge in [-0.3, -0.25) is 9.78 Å². The first-order chi connectivity index (χ1) is 9.04. The van der Waals surface area contributed by atoms with Crippen LogP contribution >= 0.6 is 0 Å². The Morgan fingerprint density at radius 1 is 1.47 bits per heavy atom. The Labute approximate surface area is 112 Å². The molecule has 0 radical (unpaired) electrons. The van der Waals surface area contributed by atoms with Crippen molar-refractivity contribution >= 4 is 12.0 Å². The van der Waals surface area contributed by atoms with Crippen molar-refractivity contribution in [2.24, 2.45) is 0 Å². The molecule has 2 amide bonds. The van der Waals surface area contributed by atoms with E-state index in [-0.39, 0.29) is 25.0 Å². The number of aromatic nitrogens is 1. The van der Waals surface area contributed by atoms with Gasteiger partial charge in [-0.25, -0.2) is 4.79 Å². The number of carbonyl (C=O) groups is 2. The van der Waals surface area contributed by atoms with Gasteiger partial charge in [0.25, 0.3) is 0 Å². The summed E-state index contributed by atoms with van der Waals surface area (Å²) in [5, 5.41) is 13.8. The number of nitrogens with zero attached hydrogens (tertiary/aromatic N) is 1. The second-order valence-electron chi connectivity index (χ2n) is 4.19. The highest BCUT2D eigenvalue weighted by Gasteiger charge is 2.12. The van der Waals surface area contributed by atoms with E-state index in [0.29, 0.717) is 0 Å². The van der Waals surface area contributed by atoms with Crippen molar-refractivity contribution < 1.29 is 14.7 Å². The molecule has 6 nitrogen and oxygen atoms in total. The number of nitrogens with one attached hydrogen (secondary N) is 2. The lowest BCUT2D eigenvalue weighted by Crippen LogP contribution is -2.38. The normalized spacial score (nSPS) is 11.7. The monoisotopic (exact) mass is 265 g/mol. The molecular formula is C13H19N3O3. The summed E-state index contributed by atoms with van der Waals surface area (Å²) in [5.41, 5.74) is 2.10. The highest BCUT2D eigenvalue weighted by atomic mass is 16.4. The highest BCUT2D eigenvalue weighted by molar-refractivity contribution is 5.75. The Morgan fingerprint density at radius 2 is 2.21 bits per heavy atom. The first-order valence-electron chi connectivity index (χ1n) is 6.23. The molecule has 0 saturated carbocycles. The second kappa shape index (κ2) is 7.35. The Bertz CT molecular complexity index is 449. The van der Waals surface area contributed by atoms with Gasteiger partial charge in [0, 0.05) is 18.9 Å². The summed E-state index contributed by atoms with van der Waals surface area (Å²) in [5.74, 6) is -0.934. The number of carbonyl (C=O) groups excluding carboxylic acids is 1. The molecular weight excluding hydrogens is 246 g/mol. The maximum absolute atomic E-state index is 11.6. The Balaban J connectivity index is 2.52. The molecule has 0 fully saturated rings. The number of urea groups is 1. The summed E-state index contributed by atoms with van der Waals surface area (Å²) in [6.45, 7) is 4.02. The third-order valence-corrected chi connectivity index (χ3v) is 2.76. The lowest BCUT2D eigenvalue weighted by Gasteiger charge is -2.17. The highest BCUT2D eigenvalue weighted by Crippen LogP contribution is 2.16. The SMILES string of the molecule is CCc1cnccc1C(C)NC(=O)NCCC(=O)O. The fourth-order valence-electron chi connectivity index (χ4n) is 1.76. The Hall–Kier alpha value is -2.11. The zero-order valence-corrected chi connectivity index (χ0v) is 11.1. The molecule has 0 aliphatic heterocycles. The number of aryl methyl sites for hydroxylation is 1. The van der Waals surface area contributed by atoms with Gasteiger partial charge in [0.05, 0.1) is 12.5 Å². The summed E-state index contributed by atoms with van der Waals surface area (Å²) in [4.78, 5) is 26.0. The van der Waals surface area contributed by atoms with Gasteiger partial charge in [0.2, 0.25) is 0 Å². The van der Waals surface area contributed by atoms with Crippen LogP contribution in [0.3, 0.4) is 0 Å². The number of aliphatic carboxylic acids is 1. The van der Waals surface area contributed by atoms with Crippen LogP contribution in [0.1, 0.15) is 37.4 Å². The standard InChI is InChI=1S/C13H19N3O3/c1-3-10-8-14-6-4-11(10)9(2)16-13(19)15-7-5-12(17)18/h4,6,8-9H,3,5,7H2,1-2H3,(H,17,18)(H2,15,16,19). The number of hydrogen-bond donors (Lipinski definition) is 3. The summed E-state index contributed by atoms with van der Waals surface area (Å²) in [7, 11) is 0. The molecule has 0 bridgehead atoms. The van der Waals surface area contributed by atoms with Gasteiger partial charge in [-0.2, -0.15) is 0 Å². The van der Waals surface area contributed by atoms with Crippen molar-refractivity contribution in [3.05, 3.63) is 29.6 Å². The summed E-state index contributed by atoms with van der Waals surface area (Å²) in [6.07, 6.45) is 4.23. The van der Waals surface area contributed by atoms with E-state index in [1.54, 1.807) is 12.4 Å². The van der Waals surface area contributed by atoms with Gasteiger partial charge in [-0.1, -0.05) is 6.92 Å². The second-order valence-corrected chi connectivity index (χ2v) is 4.19. The van der Waals surface area contributed by atoms with E-state index in [4.69, 9.17) is 5.11 Å². The van der Waals surface area contributed by atoms with Gasteiger partial charge in [-0.05, 0) is 30.5 Å². The minimum atomic E-state index is -0.934. The minimum absolute atomic E-state index is 0.0860. The predicted octanol–water partition coefficient (Wildman–Crippen LogP) is 1.48. The Kier molecular flexibility index (Phi) is 5.78. The van der Waals surface area contributed by atoms with E-state index >= 15 is 0 Å². The fraction of sp³-hybridized carbons (Fsp3) is 0.462. The first-order valence-corrected chi connectivity index (χ1v) is 6.23. The molecule has 1 unspecified atom stereocenters. The number of carboxylic acid groups (broad SMARTS) is 1. The summed E-state index contributed by atoms with van der Waals surface area (Å²) in [6, 6.07) is 1.36. The largest absolute Gasteiger partial charge is 0.481 e. The molecule has 1 aromatic heterocycles. The number of pyridine rings is 1. The molecule has 0 aromatic carbocycles. The van der Waals surface area contributed by atoms with Crippen molar-refractivity contribution in [3.63, 3.8) is 0 Å². The molecule has 0 saturated heterocycles. The van der Waals surface area contributed by atoms with Crippen molar-refractivity contribution in [3.8, 4) is 0 Å². The summed E-state index contributed by atoms with van der Waals surface area (Å²) < 4.78 is 0. The van der Waals surface area contributed by atoms with Crippen LogP contribution in [0, 0.1) is 0 Å². The number of rotatable bonds is 6. The number of amides is 2. The number of hydrogen-bond acceptors (Lipinski definition) is 3. The van der Waals surface area contributed by atoms with Crippen LogP contribution in [-0.2, 0) is 11.2 Å². The zero-order valence-electron chi connectivity index (χ0n) is 11.1. The summed E-state index contributed by atoms with van der Waals surface area (Å²) >= 11 is 0. The molecule has 3 N–H and O–H groups in total. The average Bonchev–Trinajstić information content (AvgIpc) is 2.38. The van der Waals surface area contributed by atoms with E-state index in [9.17, 15) is 9.59 Å². The topological polar surface area (TPSA) is 91.3 Å². The Morgan fingerprint density at radius 3 is 2.84 bits per heavy atom. The van der Waals surface area contributed by atoms with Crippen molar-refractivity contribution in [1.82, 2.24) is 15.6 Å². The van der Waals surface area contributed by atoms with Crippen LogP contribution in [0.15, 0.2) is 18.5 Å². The molecule has 1 heterocycles. The molecule has 19 heavy (non-hydrogen) atoms. The molecule has 1 atom stereocenters. The molecule has 1 aromatic rings. The van der Waals surface area contributed by atoms with Crippen molar-refractivity contribution in [2.45, 2.75) is 32.7 Å². The van der Waals surface area contributed by atoms with Gasteiger partial charge in [-0.15, -0.1) is 0 Å². The van der Waals surface area contributed by atoms with Crippen molar-refractivity contribution in [2.75, 3.05) is 6.54 Å². The van der Waals surface area contributed by atoms with Gasteiger partial charge >= 0.3 is 12.0 Å². The van der Waals surface area contributed by atoms with Crippen LogP contribution in [0.25, 0.3) is 0 Å². The van der Waals surface area contributed by atoms with E-state index in [2.05, 4.69) is 15.6 Å². The minimum Gasteiger partial charge on any atom is -0.481 e. The average molecular weight is 265 g/mol. The van der Waals surface area contributed by atoms with E-state index in [1.165, 1.54) is 0 Å². The van der Waals surface area contributed by atoms with E-state index in [0.717, 1.165) is 17.5 Å². The van der Waals surface area contributed by atoms with Crippen LogP contribution in [0.4, 0.5) is 4.79 Å². The van der Waals surface area contributed by atoms with Gasteiger partial charge < -0.3 is 15.7 Å². The molecule has 0 aliphatic carbocycles. The van der Waals surface area contributed by atoms with Crippen LogP contribution in [0.5, 0.6) is 0 Å². The molecule has 0 spiro atoms. The lowest BCUT2D eigenvalue weighted by atomic mass is 10.0. The fourth-order valence-corrected chi connectivity index (χ4v) is 1.76. The molecule has 104 valence electrons. The quantitative estimate of drug-likeness (QED) is 0.726. The van der Waals surface area contributed by atoms with Crippen molar-refractivity contribution in [1.29, 1.82) is 0 Å². The molecule has 6 heteroatoms. The maximum atomic E-state index is 11.6. The zero-order chi connectivity index (χ0) is 14.3. The third kappa shape index (κ3) is 4.95. The maximum Gasteiger partial charge on any atom is 0.315 e. The third-order valence-electron chi connectivity index (χ3n) is 2.76. The van der Waals surface area contributed by atoms with Crippen LogP contribution < -0.4 is 10.6 Å². The van der Waals surface area contributed by atoms with Crippen LogP contribution in [-0.4, -0.2) is 28.6 Å². The van der Waals surface area contributed by atoms with Crippen LogP contribution in [0.2, 0.25) is 0 Å². The number of carboxylic acids is 1. The smallest absolute Gasteiger partial charge is 0.315 e. The lowest BCUT2D eigenvalue weighted by molar-refractivity contribution is -0.136. The first kappa shape index (κ1) is 14.9. The molecule has 1 rings (SSSR count). The van der Waals surface area contributed by atoms with Gasteiger partial charge in [0.15, 0.2) is 0 Å². The van der Waals surface area contributed by atoms with E-state index < -0.39 is 5.97 Å². The predicted molar refractivity (Wildman–Crippen MR) is 70.8 cm³/mol. The van der Waals surface area contributed by atoms with Gasteiger partial charge in [0.1, 0.15) is 0 Å². The van der Waals surface area contributed by atoms with E-state index in [1.807, 2.05) is 19.9 Å². The molecule has 0 aliphatic rings.